The number of aliphatic imine (C=N–C) groups is 2. The smallest absolute Gasteiger partial charge is 0.301 e. The number of carbonyl (C=O) groups excluding carboxylic acids is 1. The van der Waals surface area contributed by atoms with Crippen LogP contribution in [0.4, 0.5) is 11.4 Å². The summed E-state index contributed by atoms with van der Waals surface area (Å²) in [6.07, 6.45) is 5.59. The Morgan fingerprint density at radius 3 is 3.04 bits per heavy atom. The molecule has 144 valence electrons. The summed E-state index contributed by atoms with van der Waals surface area (Å²) in [5.74, 6) is 1.13. The highest BCUT2D eigenvalue weighted by Gasteiger charge is 2.49. The van der Waals surface area contributed by atoms with E-state index in [4.69, 9.17) is 5.10 Å². The Hall–Kier alpha value is -2.88. The Morgan fingerprint density at radius 2 is 2.25 bits per heavy atom. The molecule has 1 unspecified atom stereocenters. The lowest BCUT2D eigenvalue weighted by Crippen LogP contribution is -2.55. The van der Waals surface area contributed by atoms with Crippen LogP contribution in [0.15, 0.2) is 45.7 Å². The van der Waals surface area contributed by atoms with Crippen molar-refractivity contribution in [1.29, 1.82) is 0 Å². The van der Waals surface area contributed by atoms with Gasteiger partial charge in [0.2, 0.25) is 5.91 Å². The van der Waals surface area contributed by atoms with Crippen LogP contribution in [0.3, 0.4) is 0 Å². The number of fused-ring (bicyclic) bond motifs is 2. The van der Waals surface area contributed by atoms with Crippen molar-refractivity contribution < 1.29 is 14.6 Å². The highest BCUT2D eigenvalue weighted by Crippen LogP contribution is 2.38. The van der Waals surface area contributed by atoms with E-state index in [0.717, 1.165) is 23.5 Å². The third-order valence-corrected chi connectivity index (χ3v) is 5.69. The van der Waals surface area contributed by atoms with Gasteiger partial charge in [-0.05, 0) is 47.8 Å². The van der Waals surface area contributed by atoms with E-state index >= 15 is 0 Å². The number of nitrogens with zero attached hydrogens (tertiary/aromatic N) is 5. The van der Waals surface area contributed by atoms with E-state index in [9.17, 15) is 9.90 Å². The summed E-state index contributed by atoms with van der Waals surface area (Å²) in [6, 6.07) is 5.78. The molecule has 0 saturated carbocycles. The van der Waals surface area contributed by atoms with Crippen molar-refractivity contribution in [3.8, 4) is 0 Å². The number of carbonyl (C=O) groups is 1. The maximum absolute atomic E-state index is 12.2. The Kier molecular flexibility index (Phi) is 3.57. The zero-order chi connectivity index (χ0) is 19.5. The molecule has 5 rings (SSSR count). The summed E-state index contributed by atoms with van der Waals surface area (Å²) in [6.45, 7) is 5.07. The lowest BCUT2D eigenvalue weighted by molar-refractivity contribution is -0.915. The molecule has 0 aromatic heterocycles. The summed E-state index contributed by atoms with van der Waals surface area (Å²) in [5, 5.41) is 23.0. The van der Waals surface area contributed by atoms with Gasteiger partial charge in [-0.25, -0.2) is 0 Å². The first kappa shape index (κ1) is 17.2. The lowest BCUT2D eigenvalue weighted by Gasteiger charge is -2.31. The molecule has 2 atom stereocenters. The van der Waals surface area contributed by atoms with Gasteiger partial charge in [-0.15, -0.1) is 10.0 Å². The van der Waals surface area contributed by atoms with Gasteiger partial charge in [-0.2, -0.15) is 0 Å². The predicted molar refractivity (Wildman–Crippen MR) is 107 cm³/mol. The first-order valence-electron chi connectivity index (χ1n) is 9.34. The summed E-state index contributed by atoms with van der Waals surface area (Å²) < 4.78 is 0.0810. The SMILES string of the molecule is CC1(C)C(=O)Nc2cc(NC3=N[N+]4(N5CC[C@@H](O)C5)C=CN=CC4=N3)ccc21. The number of guanidine groups is 1. The second-order valence-corrected chi connectivity index (χ2v) is 7.94. The Balaban J connectivity index is 1.45. The molecule has 0 bridgehead atoms. The summed E-state index contributed by atoms with van der Waals surface area (Å²) in [7, 11) is 0. The van der Waals surface area contributed by atoms with Crippen LogP contribution in [0, 0.1) is 0 Å². The molecule has 0 aliphatic carbocycles. The first-order valence-corrected chi connectivity index (χ1v) is 9.34. The van der Waals surface area contributed by atoms with Crippen molar-refractivity contribution in [2.24, 2.45) is 15.1 Å². The van der Waals surface area contributed by atoms with Crippen LogP contribution >= 0.6 is 0 Å². The van der Waals surface area contributed by atoms with Crippen molar-refractivity contribution in [3.63, 3.8) is 0 Å². The number of aliphatic hydroxyl groups excluding tert-OH is 1. The van der Waals surface area contributed by atoms with Crippen molar-refractivity contribution in [2.75, 3.05) is 23.7 Å². The van der Waals surface area contributed by atoms with E-state index in [2.05, 4.69) is 25.6 Å². The highest BCUT2D eigenvalue weighted by molar-refractivity contribution is 6.30. The van der Waals surface area contributed by atoms with Crippen molar-refractivity contribution in [3.05, 3.63) is 36.2 Å². The maximum Gasteiger partial charge on any atom is 0.301 e. The minimum Gasteiger partial charge on any atom is -0.392 e. The summed E-state index contributed by atoms with van der Waals surface area (Å²) in [5.41, 5.74) is 2.04. The van der Waals surface area contributed by atoms with Gasteiger partial charge in [0.05, 0.1) is 30.8 Å². The molecule has 9 nitrogen and oxygen atoms in total. The van der Waals surface area contributed by atoms with Gasteiger partial charge in [0.1, 0.15) is 6.21 Å². The maximum atomic E-state index is 12.2. The number of amidine groups is 1. The molecule has 1 fully saturated rings. The van der Waals surface area contributed by atoms with Gasteiger partial charge in [-0.1, -0.05) is 6.07 Å². The van der Waals surface area contributed by atoms with Crippen LogP contribution in [-0.2, 0) is 10.2 Å². The lowest BCUT2D eigenvalue weighted by atomic mass is 9.86. The fourth-order valence-electron chi connectivity index (χ4n) is 4.02. The molecule has 1 amide bonds. The van der Waals surface area contributed by atoms with E-state index in [0.29, 0.717) is 24.8 Å². The zero-order valence-corrected chi connectivity index (χ0v) is 15.8. The Morgan fingerprint density at radius 1 is 1.39 bits per heavy atom. The number of amides is 1. The molecule has 28 heavy (non-hydrogen) atoms. The average Bonchev–Trinajstić information content (AvgIpc) is 3.30. The van der Waals surface area contributed by atoms with Crippen LogP contribution in [0.2, 0.25) is 0 Å². The largest absolute Gasteiger partial charge is 0.392 e. The van der Waals surface area contributed by atoms with Gasteiger partial charge >= 0.3 is 5.84 Å². The topological polar surface area (TPSA) is 102 Å². The van der Waals surface area contributed by atoms with Gasteiger partial charge in [-0.3, -0.25) is 9.79 Å². The van der Waals surface area contributed by atoms with Gasteiger partial charge in [0.25, 0.3) is 5.96 Å². The number of quaternary nitrogens is 1. The molecule has 9 heteroatoms. The molecule has 4 aliphatic rings. The first-order chi connectivity index (χ1) is 13.4. The van der Waals surface area contributed by atoms with Crippen molar-refractivity contribution in [1.82, 2.24) is 5.01 Å². The van der Waals surface area contributed by atoms with E-state index in [1.54, 1.807) is 12.4 Å². The molecule has 1 aromatic carbocycles. The number of aliphatic hydroxyl groups is 1. The minimum absolute atomic E-state index is 0.00585. The second kappa shape index (κ2) is 5.81. The zero-order valence-electron chi connectivity index (χ0n) is 15.8. The fourth-order valence-corrected chi connectivity index (χ4v) is 4.02. The molecule has 4 aliphatic heterocycles. The minimum atomic E-state index is -0.535. The number of β-amino-alcohol motifs (C(OH)–C–C–N with tert-alkyl or cyclic N) is 1. The van der Waals surface area contributed by atoms with Crippen LogP contribution in [0.1, 0.15) is 25.8 Å². The number of hydrogen-bond donors (Lipinski definition) is 3. The van der Waals surface area contributed by atoms with E-state index in [1.807, 2.05) is 38.2 Å². The molecule has 1 aromatic rings. The second-order valence-electron chi connectivity index (χ2n) is 7.94. The molecule has 0 spiro atoms. The molecule has 4 heterocycles. The average molecular weight is 380 g/mol. The molecular weight excluding hydrogens is 358 g/mol. The summed E-state index contributed by atoms with van der Waals surface area (Å²) >= 11 is 0. The van der Waals surface area contributed by atoms with E-state index in [-0.39, 0.29) is 16.7 Å². The van der Waals surface area contributed by atoms with Crippen LogP contribution in [0.25, 0.3) is 0 Å². The number of anilines is 2. The Bertz CT molecular complexity index is 994. The summed E-state index contributed by atoms with van der Waals surface area (Å²) in [4.78, 5) is 20.9. The highest BCUT2D eigenvalue weighted by atomic mass is 16.3. The number of hydrogen-bond acceptors (Lipinski definition) is 7. The third kappa shape index (κ3) is 2.44. The normalized spacial score (nSPS) is 30.0. The van der Waals surface area contributed by atoms with Gasteiger partial charge in [0, 0.05) is 11.4 Å². The fraction of sp³-hybridized carbons (Fsp3) is 0.368. The van der Waals surface area contributed by atoms with Gasteiger partial charge < -0.3 is 15.7 Å². The quantitative estimate of drug-likeness (QED) is 0.675. The molecular formula is C19H22N7O2+. The van der Waals surface area contributed by atoms with Crippen LogP contribution < -0.4 is 10.6 Å². The number of benzene rings is 1. The molecule has 0 radical (unpaired) electrons. The molecule has 1 saturated heterocycles. The number of rotatable bonds is 2. The van der Waals surface area contributed by atoms with Crippen LogP contribution in [-0.4, -0.2) is 57.9 Å². The molecule has 3 N–H and O–H groups in total. The number of nitrogens with one attached hydrogen (secondary N) is 2. The Labute approximate surface area is 162 Å². The van der Waals surface area contributed by atoms with Crippen LogP contribution in [0.5, 0.6) is 0 Å². The predicted octanol–water partition coefficient (Wildman–Crippen LogP) is 1.37. The van der Waals surface area contributed by atoms with E-state index < -0.39 is 5.41 Å². The van der Waals surface area contributed by atoms with Gasteiger partial charge in [0.15, 0.2) is 6.20 Å². The van der Waals surface area contributed by atoms with Crippen molar-refractivity contribution >= 4 is 35.3 Å². The van der Waals surface area contributed by atoms with E-state index in [1.165, 1.54) is 0 Å². The standard InChI is InChI=1S/C19H21N7O2/c1-19(2)14-4-3-12(9-15(14)22-17(19)28)21-18-23-16-10-20-6-8-26(16,24-18)25-7-5-13(27)11-25/h3-4,6,8-10,13,27H,5,7,11H2,1-2H3,(H-,21,22,24,28)/p+1/t13-,26?/m1/s1. The van der Waals surface area contributed by atoms with Crippen molar-refractivity contribution in [2.45, 2.75) is 31.8 Å². The third-order valence-electron chi connectivity index (χ3n) is 5.69. The monoisotopic (exact) mass is 380 g/mol.